The molecule has 0 bridgehead atoms. The number of rotatable bonds is 5. The Morgan fingerprint density at radius 1 is 1.50 bits per heavy atom. The van der Waals surface area contributed by atoms with E-state index in [4.69, 9.17) is 5.11 Å². The van der Waals surface area contributed by atoms with Crippen LogP contribution in [0.4, 0.5) is 0 Å². The number of carbonyl (C=O) groups excluding carboxylic acids is 1. The molecule has 3 nitrogen and oxygen atoms in total. The lowest BCUT2D eigenvalue weighted by Gasteiger charge is -2.20. The third-order valence-corrected chi connectivity index (χ3v) is 1.89. The van der Waals surface area contributed by atoms with Gasteiger partial charge in [0.2, 0.25) is 0 Å². The van der Waals surface area contributed by atoms with Gasteiger partial charge in [-0.3, -0.25) is 4.79 Å². The zero-order chi connectivity index (χ0) is 9.61. The fraction of sp³-hybridized carbons (Fsp3) is 0.889. The van der Waals surface area contributed by atoms with E-state index in [-0.39, 0.29) is 18.0 Å². The molecule has 0 aromatic heterocycles. The predicted molar refractivity (Wildman–Crippen MR) is 46.7 cm³/mol. The van der Waals surface area contributed by atoms with Gasteiger partial charge in [0, 0.05) is 13.0 Å². The van der Waals surface area contributed by atoms with Gasteiger partial charge in [-0.1, -0.05) is 13.8 Å². The molecule has 0 atom stereocenters. The maximum absolute atomic E-state index is 10.7. The van der Waals surface area contributed by atoms with Crippen LogP contribution in [-0.2, 0) is 9.53 Å². The number of esters is 1. The van der Waals surface area contributed by atoms with Crippen molar-refractivity contribution >= 4 is 5.97 Å². The van der Waals surface area contributed by atoms with E-state index in [2.05, 4.69) is 4.74 Å². The summed E-state index contributed by atoms with van der Waals surface area (Å²) in [6.07, 6.45) is 2.07. The second-order valence-corrected chi connectivity index (χ2v) is 3.75. The van der Waals surface area contributed by atoms with E-state index >= 15 is 0 Å². The Morgan fingerprint density at radius 3 is 2.50 bits per heavy atom. The van der Waals surface area contributed by atoms with Gasteiger partial charge in [-0.25, -0.2) is 0 Å². The Hall–Kier alpha value is -0.570. The highest BCUT2D eigenvalue weighted by molar-refractivity contribution is 5.68. The van der Waals surface area contributed by atoms with Crippen LogP contribution in [0.25, 0.3) is 0 Å². The van der Waals surface area contributed by atoms with Gasteiger partial charge in [0.05, 0.1) is 7.11 Å². The lowest BCUT2D eigenvalue weighted by atomic mass is 9.88. The van der Waals surface area contributed by atoms with Crippen molar-refractivity contribution in [3.63, 3.8) is 0 Å². The maximum atomic E-state index is 10.7. The average molecular weight is 174 g/mol. The lowest BCUT2D eigenvalue weighted by Crippen LogP contribution is -2.16. The Bertz CT molecular complexity index is 141. The molecule has 0 unspecified atom stereocenters. The van der Waals surface area contributed by atoms with Gasteiger partial charge in [-0.05, 0) is 18.3 Å². The van der Waals surface area contributed by atoms with Crippen LogP contribution >= 0.6 is 0 Å². The van der Waals surface area contributed by atoms with Gasteiger partial charge < -0.3 is 9.84 Å². The number of aliphatic hydroxyl groups is 1. The van der Waals surface area contributed by atoms with Crippen LogP contribution in [0.3, 0.4) is 0 Å². The first-order valence-electron chi connectivity index (χ1n) is 4.19. The highest BCUT2D eigenvalue weighted by Crippen LogP contribution is 2.21. The minimum absolute atomic E-state index is 0.0754. The van der Waals surface area contributed by atoms with Gasteiger partial charge in [-0.2, -0.15) is 0 Å². The second kappa shape index (κ2) is 5.14. The number of ether oxygens (including phenoxy) is 1. The molecule has 0 aliphatic carbocycles. The van der Waals surface area contributed by atoms with Crippen molar-refractivity contribution in [3.05, 3.63) is 0 Å². The first-order valence-corrected chi connectivity index (χ1v) is 4.19. The fourth-order valence-corrected chi connectivity index (χ4v) is 0.892. The zero-order valence-corrected chi connectivity index (χ0v) is 8.09. The van der Waals surface area contributed by atoms with E-state index < -0.39 is 0 Å². The van der Waals surface area contributed by atoms with Crippen LogP contribution in [0, 0.1) is 5.41 Å². The summed E-state index contributed by atoms with van der Waals surface area (Å²) in [5.74, 6) is -0.177. The van der Waals surface area contributed by atoms with Gasteiger partial charge in [0.15, 0.2) is 0 Å². The third-order valence-electron chi connectivity index (χ3n) is 1.89. The maximum Gasteiger partial charge on any atom is 0.305 e. The summed E-state index contributed by atoms with van der Waals surface area (Å²) in [4.78, 5) is 10.7. The summed E-state index contributed by atoms with van der Waals surface area (Å²) in [5, 5.41) is 8.90. The summed E-state index contributed by atoms with van der Waals surface area (Å²) in [5.41, 5.74) is -0.0754. The van der Waals surface area contributed by atoms with E-state index in [1.54, 1.807) is 0 Å². The Labute approximate surface area is 73.7 Å². The molecule has 0 saturated heterocycles. The molecule has 0 radical (unpaired) electrons. The summed E-state index contributed by atoms with van der Waals surface area (Å²) in [6, 6.07) is 0. The molecule has 0 rings (SSSR count). The minimum atomic E-state index is -0.177. The summed E-state index contributed by atoms with van der Waals surface area (Å²) in [7, 11) is 1.39. The van der Waals surface area contributed by atoms with Crippen LogP contribution < -0.4 is 0 Å². The predicted octanol–water partition coefficient (Wildman–Crippen LogP) is 1.35. The third kappa shape index (κ3) is 5.13. The van der Waals surface area contributed by atoms with Crippen molar-refractivity contribution in [2.24, 2.45) is 5.41 Å². The van der Waals surface area contributed by atoms with Crippen LogP contribution in [0.15, 0.2) is 0 Å². The molecule has 0 amide bonds. The Balaban J connectivity index is 3.49. The van der Waals surface area contributed by atoms with Crippen LogP contribution in [-0.4, -0.2) is 24.8 Å². The summed E-state index contributed by atoms with van der Waals surface area (Å²) >= 11 is 0. The number of aliphatic hydroxyl groups excluding tert-OH is 1. The molecule has 0 saturated carbocycles. The van der Waals surface area contributed by atoms with Crippen molar-refractivity contribution in [2.45, 2.75) is 33.1 Å². The normalized spacial score (nSPS) is 11.3. The van der Waals surface area contributed by atoms with Crippen LogP contribution in [0.2, 0.25) is 0 Å². The molecule has 0 fully saturated rings. The zero-order valence-electron chi connectivity index (χ0n) is 8.09. The quantitative estimate of drug-likeness (QED) is 0.640. The highest BCUT2D eigenvalue weighted by Gasteiger charge is 2.16. The average Bonchev–Trinajstić information content (AvgIpc) is 2.04. The van der Waals surface area contributed by atoms with Gasteiger partial charge in [-0.15, -0.1) is 0 Å². The van der Waals surface area contributed by atoms with Gasteiger partial charge in [0.1, 0.15) is 0 Å². The smallest absolute Gasteiger partial charge is 0.305 e. The molecule has 72 valence electrons. The largest absolute Gasteiger partial charge is 0.469 e. The summed E-state index contributed by atoms with van der Waals surface area (Å²) < 4.78 is 4.50. The molecule has 1 N–H and O–H groups in total. The molecular formula is C9H18O3. The van der Waals surface area contributed by atoms with E-state index in [1.165, 1.54) is 7.11 Å². The van der Waals surface area contributed by atoms with Crippen molar-refractivity contribution in [1.29, 1.82) is 0 Å². The topological polar surface area (TPSA) is 46.5 Å². The molecule has 12 heavy (non-hydrogen) atoms. The van der Waals surface area contributed by atoms with Crippen molar-refractivity contribution < 1.29 is 14.6 Å². The molecule has 0 heterocycles. The van der Waals surface area contributed by atoms with Crippen molar-refractivity contribution in [1.82, 2.24) is 0 Å². The highest BCUT2D eigenvalue weighted by atomic mass is 16.5. The lowest BCUT2D eigenvalue weighted by molar-refractivity contribution is -0.140. The number of hydrogen-bond acceptors (Lipinski definition) is 3. The van der Waals surface area contributed by atoms with E-state index in [9.17, 15) is 4.79 Å². The van der Waals surface area contributed by atoms with Crippen molar-refractivity contribution in [2.75, 3.05) is 13.7 Å². The Kier molecular flexibility index (Phi) is 4.90. The van der Waals surface area contributed by atoms with E-state index in [0.717, 1.165) is 12.8 Å². The minimum Gasteiger partial charge on any atom is -0.469 e. The molecule has 0 aliphatic rings. The molecule has 0 aromatic rings. The van der Waals surface area contributed by atoms with E-state index in [1.807, 2.05) is 13.8 Å². The second-order valence-electron chi connectivity index (χ2n) is 3.75. The van der Waals surface area contributed by atoms with Gasteiger partial charge >= 0.3 is 5.97 Å². The monoisotopic (exact) mass is 174 g/mol. The Morgan fingerprint density at radius 2 is 2.08 bits per heavy atom. The molecule has 0 aliphatic heterocycles. The number of methoxy groups -OCH3 is 1. The van der Waals surface area contributed by atoms with Crippen LogP contribution in [0.5, 0.6) is 0 Å². The molecule has 0 spiro atoms. The number of hydrogen-bond donors (Lipinski definition) is 1. The first kappa shape index (κ1) is 11.4. The standard InChI is InChI=1S/C9H18O3/c1-9(2,7-10)6-4-5-8(11)12-3/h10H,4-7H2,1-3H3. The molecule has 3 heteroatoms. The van der Waals surface area contributed by atoms with E-state index in [0.29, 0.717) is 6.42 Å². The molecular weight excluding hydrogens is 156 g/mol. The van der Waals surface area contributed by atoms with Crippen molar-refractivity contribution in [3.8, 4) is 0 Å². The SMILES string of the molecule is COC(=O)CCCC(C)(C)CO. The first-order chi connectivity index (χ1) is 5.52. The van der Waals surface area contributed by atoms with Gasteiger partial charge in [0.25, 0.3) is 0 Å². The van der Waals surface area contributed by atoms with Crippen LogP contribution in [0.1, 0.15) is 33.1 Å². The fourth-order valence-electron chi connectivity index (χ4n) is 0.892. The number of carbonyl (C=O) groups is 1. The molecule has 0 aromatic carbocycles. The summed E-state index contributed by atoms with van der Waals surface area (Å²) in [6.45, 7) is 4.11.